The maximum absolute atomic E-state index is 13.0. The normalized spacial score (nSPS) is 25.8. The molecule has 2 saturated heterocycles. The largest absolute Gasteiger partial charge is 0.381 e. The molecule has 2 amide bonds. The molecular weight excluding hydrogens is 316 g/mol. The molecule has 25 heavy (non-hydrogen) atoms. The summed E-state index contributed by atoms with van der Waals surface area (Å²) < 4.78 is 5.78. The van der Waals surface area contributed by atoms with Gasteiger partial charge in [0.15, 0.2) is 0 Å². The van der Waals surface area contributed by atoms with Gasteiger partial charge < -0.3 is 14.5 Å². The lowest BCUT2D eigenvalue weighted by atomic mass is 9.73. The summed E-state index contributed by atoms with van der Waals surface area (Å²) in [5.41, 5.74) is 1.81. The van der Waals surface area contributed by atoms with Crippen molar-refractivity contribution in [3.05, 3.63) is 35.4 Å². The van der Waals surface area contributed by atoms with E-state index in [4.69, 9.17) is 4.74 Å². The maximum atomic E-state index is 13.0. The molecule has 2 aliphatic rings. The van der Waals surface area contributed by atoms with Gasteiger partial charge in [0.25, 0.3) is 5.91 Å². The third-order valence-corrected chi connectivity index (χ3v) is 5.72. The number of hydrogen-bond donors (Lipinski definition) is 0. The average molecular weight is 344 g/mol. The predicted octanol–water partition coefficient (Wildman–Crippen LogP) is 2.34. The van der Waals surface area contributed by atoms with E-state index in [0.29, 0.717) is 19.8 Å². The van der Waals surface area contributed by atoms with Crippen LogP contribution in [0.15, 0.2) is 24.3 Å². The van der Waals surface area contributed by atoms with Crippen LogP contribution in [0.3, 0.4) is 0 Å². The zero-order valence-electron chi connectivity index (χ0n) is 15.5. The highest BCUT2D eigenvalue weighted by Gasteiger charge is 2.51. The third kappa shape index (κ3) is 3.56. The van der Waals surface area contributed by atoms with Gasteiger partial charge in [-0.1, -0.05) is 17.7 Å². The van der Waals surface area contributed by atoms with Crippen molar-refractivity contribution in [3.63, 3.8) is 0 Å². The molecule has 0 bridgehead atoms. The van der Waals surface area contributed by atoms with Crippen molar-refractivity contribution in [3.8, 4) is 0 Å². The Morgan fingerprint density at radius 1 is 1.28 bits per heavy atom. The Hall–Kier alpha value is -1.88. The van der Waals surface area contributed by atoms with Crippen LogP contribution in [0.4, 0.5) is 0 Å². The molecule has 0 aliphatic carbocycles. The Morgan fingerprint density at radius 2 is 2.04 bits per heavy atom. The van der Waals surface area contributed by atoms with Crippen LogP contribution in [0, 0.1) is 18.3 Å². The molecule has 1 aromatic rings. The van der Waals surface area contributed by atoms with Gasteiger partial charge in [-0.05, 0) is 32.4 Å². The van der Waals surface area contributed by atoms with E-state index in [1.54, 1.807) is 6.92 Å². The zero-order chi connectivity index (χ0) is 18.0. The molecule has 0 N–H and O–H groups in total. The molecule has 5 heteroatoms. The molecule has 2 heterocycles. The van der Waals surface area contributed by atoms with E-state index in [1.165, 1.54) is 0 Å². The summed E-state index contributed by atoms with van der Waals surface area (Å²) in [6, 6.07) is 7.76. The van der Waals surface area contributed by atoms with E-state index in [1.807, 2.05) is 47.9 Å². The van der Waals surface area contributed by atoms with Gasteiger partial charge in [0.2, 0.25) is 5.91 Å². The highest BCUT2D eigenvalue weighted by molar-refractivity contribution is 5.94. The molecular formula is C20H28N2O3. The van der Waals surface area contributed by atoms with Gasteiger partial charge in [-0.15, -0.1) is 0 Å². The number of carbonyl (C=O) groups is 2. The first-order chi connectivity index (χ1) is 11.9. The minimum absolute atomic E-state index is 0.0263. The summed E-state index contributed by atoms with van der Waals surface area (Å²) >= 11 is 0. The number of piperidine rings is 1. The fourth-order valence-electron chi connectivity index (χ4n) is 4.23. The second-order valence-corrected chi connectivity index (χ2v) is 7.47. The summed E-state index contributed by atoms with van der Waals surface area (Å²) in [7, 11) is 0. The van der Waals surface area contributed by atoms with Crippen molar-refractivity contribution in [2.24, 2.45) is 11.3 Å². The fourth-order valence-corrected chi connectivity index (χ4v) is 4.23. The number of hydrogen-bond acceptors (Lipinski definition) is 3. The van der Waals surface area contributed by atoms with Crippen LogP contribution in [0.25, 0.3) is 0 Å². The average Bonchev–Trinajstić information content (AvgIpc) is 2.98. The van der Waals surface area contributed by atoms with Crippen molar-refractivity contribution in [2.75, 3.05) is 39.4 Å². The molecule has 0 radical (unpaired) electrons. The first kappa shape index (κ1) is 17.9. The standard InChI is InChI=1S/C20H28N2O3/c1-4-25-14-20-8-9-21(16(3)23)11-18(20)12-22(13-20)19(24)17-7-5-6-15(2)10-17/h5-7,10,18H,4,8-9,11-14H2,1-3H3. The second kappa shape index (κ2) is 7.16. The van der Waals surface area contributed by atoms with E-state index in [0.717, 1.165) is 37.2 Å². The Kier molecular flexibility index (Phi) is 5.13. The van der Waals surface area contributed by atoms with Crippen molar-refractivity contribution in [2.45, 2.75) is 27.2 Å². The van der Waals surface area contributed by atoms with Crippen LogP contribution in [0.5, 0.6) is 0 Å². The summed E-state index contributed by atoms with van der Waals surface area (Å²) in [5.74, 6) is 0.488. The van der Waals surface area contributed by atoms with Gasteiger partial charge in [-0.2, -0.15) is 0 Å². The van der Waals surface area contributed by atoms with E-state index >= 15 is 0 Å². The monoisotopic (exact) mass is 344 g/mol. The number of benzene rings is 1. The number of rotatable bonds is 4. The maximum Gasteiger partial charge on any atom is 0.253 e. The lowest BCUT2D eigenvalue weighted by Gasteiger charge is -2.42. The van der Waals surface area contributed by atoms with Crippen LogP contribution in [0.2, 0.25) is 0 Å². The number of fused-ring (bicyclic) bond motifs is 1. The second-order valence-electron chi connectivity index (χ2n) is 7.47. The molecule has 0 aromatic heterocycles. The van der Waals surface area contributed by atoms with Crippen LogP contribution < -0.4 is 0 Å². The Balaban J connectivity index is 1.80. The highest BCUT2D eigenvalue weighted by Crippen LogP contribution is 2.43. The molecule has 5 nitrogen and oxygen atoms in total. The lowest BCUT2D eigenvalue weighted by Crippen LogP contribution is -2.50. The molecule has 2 unspecified atom stereocenters. The van der Waals surface area contributed by atoms with Crippen LogP contribution >= 0.6 is 0 Å². The highest BCUT2D eigenvalue weighted by atomic mass is 16.5. The first-order valence-corrected chi connectivity index (χ1v) is 9.14. The quantitative estimate of drug-likeness (QED) is 0.842. The van der Waals surface area contributed by atoms with Crippen molar-refractivity contribution < 1.29 is 14.3 Å². The van der Waals surface area contributed by atoms with Crippen molar-refractivity contribution >= 4 is 11.8 Å². The SMILES string of the molecule is CCOCC12CCN(C(C)=O)CC1CN(C(=O)c1cccc(C)c1)C2. The lowest BCUT2D eigenvalue weighted by molar-refractivity contribution is -0.133. The minimum Gasteiger partial charge on any atom is -0.381 e. The number of ether oxygens (including phenoxy) is 1. The predicted molar refractivity (Wildman–Crippen MR) is 96.4 cm³/mol. The first-order valence-electron chi connectivity index (χ1n) is 9.14. The molecule has 2 aliphatic heterocycles. The zero-order valence-corrected chi connectivity index (χ0v) is 15.5. The van der Waals surface area contributed by atoms with Crippen LogP contribution in [0.1, 0.15) is 36.2 Å². The number of carbonyl (C=O) groups excluding carboxylic acids is 2. The summed E-state index contributed by atoms with van der Waals surface area (Å²) in [5, 5.41) is 0. The van der Waals surface area contributed by atoms with Gasteiger partial charge in [0.05, 0.1) is 6.61 Å². The smallest absolute Gasteiger partial charge is 0.253 e. The minimum atomic E-state index is -0.0263. The van der Waals surface area contributed by atoms with Crippen molar-refractivity contribution in [1.29, 1.82) is 0 Å². The molecule has 3 rings (SSSR count). The van der Waals surface area contributed by atoms with Gasteiger partial charge in [-0.3, -0.25) is 9.59 Å². The number of nitrogens with zero attached hydrogens (tertiary/aromatic N) is 2. The molecule has 0 saturated carbocycles. The van der Waals surface area contributed by atoms with Gasteiger partial charge in [-0.25, -0.2) is 0 Å². The Labute approximate surface area is 149 Å². The molecule has 136 valence electrons. The summed E-state index contributed by atoms with van der Waals surface area (Å²) in [6.07, 6.45) is 0.898. The van der Waals surface area contributed by atoms with Gasteiger partial charge in [0.1, 0.15) is 0 Å². The molecule has 2 atom stereocenters. The van der Waals surface area contributed by atoms with E-state index in [2.05, 4.69) is 0 Å². The fraction of sp³-hybridized carbons (Fsp3) is 0.600. The van der Waals surface area contributed by atoms with E-state index < -0.39 is 0 Å². The van der Waals surface area contributed by atoms with Gasteiger partial charge in [0, 0.05) is 56.6 Å². The van der Waals surface area contributed by atoms with Crippen LogP contribution in [-0.2, 0) is 9.53 Å². The van der Waals surface area contributed by atoms with Gasteiger partial charge >= 0.3 is 0 Å². The Bertz CT molecular complexity index is 660. The van der Waals surface area contributed by atoms with E-state index in [9.17, 15) is 9.59 Å². The van der Waals surface area contributed by atoms with Crippen molar-refractivity contribution in [1.82, 2.24) is 9.80 Å². The number of aryl methyl sites for hydroxylation is 1. The topological polar surface area (TPSA) is 49.9 Å². The number of amides is 2. The molecule has 1 aromatic carbocycles. The third-order valence-electron chi connectivity index (χ3n) is 5.72. The number of likely N-dealkylation sites (tertiary alicyclic amines) is 2. The van der Waals surface area contributed by atoms with E-state index in [-0.39, 0.29) is 23.1 Å². The molecule has 0 spiro atoms. The summed E-state index contributed by atoms with van der Waals surface area (Å²) in [4.78, 5) is 28.6. The molecule has 2 fully saturated rings. The van der Waals surface area contributed by atoms with Crippen LogP contribution in [-0.4, -0.2) is 61.0 Å². The Morgan fingerprint density at radius 3 is 2.72 bits per heavy atom. The summed E-state index contributed by atoms with van der Waals surface area (Å²) in [6.45, 7) is 9.86.